The first-order valence-electron chi connectivity index (χ1n) is 10.1. The van der Waals surface area contributed by atoms with Crippen molar-refractivity contribution in [3.8, 4) is 11.5 Å². The third-order valence-corrected chi connectivity index (χ3v) is 7.06. The van der Waals surface area contributed by atoms with E-state index >= 15 is 0 Å². The first kappa shape index (κ1) is 24.6. The highest BCUT2D eigenvalue weighted by Crippen LogP contribution is 2.29. The molecule has 7 nitrogen and oxygen atoms in total. The van der Waals surface area contributed by atoms with E-state index in [1.165, 1.54) is 38.5 Å². The Morgan fingerprint density at radius 2 is 1.67 bits per heavy atom. The predicted molar refractivity (Wildman–Crippen MR) is 129 cm³/mol. The van der Waals surface area contributed by atoms with Crippen LogP contribution in [-0.4, -0.2) is 45.9 Å². The van der Waals surface area contributed by atoms with Crippen molar-refractivity contribution in [2.75, 3.05) is 32.6 Å². The number of carbonyl (C=O) groups is 1. The Morgan fingerprint density at radius 1 is 0.970 bits per heavy atom. The Hall–Kier alpha value is -3.07. The van der Waals surface area contributed by atoms with Crippen LogP contribution in [0.25, 0.3) is 0 Å². The Labute approximate surface area is 198 Å². The lowest BCUT2D eigenvalue weighted by Crippen LogP contribution is -2.39. The molecule has 174 valence electrons. The molecule has 3 aromatic rings. The summed E-state index contributed by atoms with van der Waals surface area (Å²) in [6.07, 6.45) is 0.448. The van der Waals surface area contributed by atoms with E-state index in [4.69, 9.17) is 21.1 Å². The van der Waals surface area contributed by atoms with Crippen molar-refractivity contribution in [1.29, 1.82) is 0 Å². The maximum absolute atomic E-state index is 13.3. The topological polar surface area (TPSA) is 84.9 Å². The highest BCUT2D eigenvalue weighted by molar-refractivity contribution is 7.89. The lowest BCUT2D eigenvalue weighted by Gasteiger charge is -2.22. The summed E-state index contributed by atoms with van der Waals surface area (Å²) in [5, 5.41) is 3.15. The van der Waals surface area contributed by atoms with Gasteiger partial charge in [0.05, 0.1) is 31.3 Å². The van der Waals surface area contributed by atoms with Crippen LogP contribution in [0.2, 0.25) is 5.02 Å². The summed E-state index contributed by atoms with van der Waals surface area (Å²) < 4.78 is 38.3. The molecule has 33 heavy (non-hydrogen) atoms. The molecule has 1 N–H and O–H groups in total. The third kappa shape index (κ3) is 6.47. The summed E-state index contributed by atoms with van der Waals surface area (Å²) in [5.41, 5.74) is 1.34. The van der Waals surface area contributed by atoms with Crippen LogP contribution in [0.4, 0.5) is 5.69 Å². The standard InChI is InChI=1S/C24H25ClN2O5S/c1-31-20-10-13-23(32-2)22(16-20)26-24(28)17-27(15-14-18-6-4-3-5-7-18)33(29,30)21-11-8-19(25)9-12-21/h3-13,16H,14-15,17H2,1-2H3,(H,26,28). The van der Waals surface area contributed by atoms with Gasteiger partial charge in [-0.15, -0.1) is 0 Å². The van der Waals surface area contributed by atoms with Crippen LogP contribution in [0, 0.1) is 0 Å². The van der Waals surface area contributed by atoms with Gasteiger partial charge in [0.25, 0.3) is 0 Å². The lowest BCUT2D eigenvalue weighted by molar-refractivity contribution is -0.116. The molecule has 0 aliphatic rings. The van der Waals surface area contributed by atoms with E-state index in [0.717, 1.165) is 9.87 Å². The molecule has 0 heterocycles. The summed E-state index contributed by atoms with van der Waals surface area (Å²) in [7, 11) is -0.954. The molecule has 0 unspecified atom stereocenters. The molecule has 3 rings (SSSR count). The van der Waals surface area contributed by atoms with Crippen molar-refractivity contribution in [2.45, 2.75) is 11.3 Å². The molecule has 0 aromatic heterocycles. The van der Waals surface area contributed by atoms with Crippen LogP contribution < -0.4 is 14.8 Å². The highest BCUT2D eigenvalue weighted by atomic mass is 35.5. The van der Waals surface area contributed by atoms with E-state index in [1.54, 1.807) is 18.2 Å². The monoisotopic (exact) mass is 488 g/mol. The largest absolute Gasteiger partial charge is 0.497 e. The normalized spacial score (nSPS) is 11.3. The summed E-state index contributed by atoms with van der Waals surface area (Å²) in [4.78, 5) is 13.0. The number of anilines is 1. The molecule has 0 atom stereocenters. The molecular weight excluding hydrogens is 464 g/mol. The Kier molecular flexibility index (Phi) is 8.32. The van der Waals surface area contributed by atoms with Crippen molar-refractivity contribution in [3.63, 3.8) is 0 Å². The van der Waals surface area contributed by atoms with Crippen molar-refractivity contribution in [3.05, 3.63) is 83.4 Å². The Morgan fingerprint density at radius 3 is 2.30 bits per heavy atom. The molecule has 0 bridgehead atoms. The number of hydrogen-bond acceptors (Lipinski definition) is 5. The second kappa shape index (κ2) is 11.2. The highest BCUT2D eigenvalue weighted by Gasteiger charge is 2.27. The van der Waals surface area contributed by atoms with E-state index in [-0.39, 0.29) is 18.0 Å². The summed E-state index contributed by atoms with van der Waals surface area (Å²) >= 11 is 5.92. The summed E-state index contributed by atoms with van der Waals surface area (Å²) in [5.74, 6) is 0.452. The molecular formula is C24H25ClN2O5S. The van der Waals surface area contributed by atoms with Gasteiger partial charge in [0.15, 0.2) is 0 Å². The van der Waals surface area contributed by atoms with E-state index in [2.05, 4.69) is 5.32 Å². The van der Waals surface area contributed by atoms with Crippen LogP contribution in [0.5, 0.6) is 11.5 Å². The second-order valence-corrected chi connectivity index (χ2v) is 9.52. The van der Waals surface area contributed by atoms with Crippen molar-refractivity contribution < 1.29 is 22.7 Å². The van der Waals surface area contributed by atoms with Crippen LogP contribution >= 0.6 is 11.6 Å². The number of ether oxygens (including phenoxy) is 2. The SMILES string of the molecule is COc1ccc(OC)c(NC(=O)CN(CCc2ccccc2)S(=O)(=O)c2ccc(Cl)cc2)c1. The van der Waals surface area contributed by atoms with Crippen LogP contribution in [0.1, 0.15) is 5.56 Å². The molecule has 0 saturated heterocycles. The van der Waals surface area contributed by atoms with Crippen LogP contribution in [-0.2, 0) is 21.2 Å². The van der Waals surface area contributed by atoms with Gasteiger partial charge in [-0.05, 0) is 48.4 Å². The number of rotatable bonds is 10. The molecule has 0 spiro atoms. The van der Waals surface area contributed by atoms with Gasteiger partial charge in [-0.25, -0.2) is 8.42 Å². The third-order valence-electron chi connectivity index (χ3n) is 4.94. The Balaban J connectivity index is 1.84. The zero-order valence-electron chi connectivity index (χ0n) is 18.3. The van der Waals surface area contributed by atoms with Crippen LogP contribution in [0.15, 0.2) is 77.7 Å². The minimum Gasteiger partial charge on any atom is -0.497 e. The van der Waals surface area contributed by atoms with Crippen molar-refractivity contribution in [1.82, 2.24) is 4.31 Å². The number of sulfonamides is 1. The molecule has 0 radical (unpaired) electrons. The van der Waals surface area contributed by atoms with Gasteiger partial charge in [0, 0.05) is 17.6 Å². The molecule has 0 aliphatic carbocycles. The molecule has 3 aromatic carbocycles. The van der Waals surface area contributed by atoms with Crippen LogP contribution in [0.3, 0.4) is 0 Å². The zero-order chi connectivity index (χ0) is 23.8. The lowest BCUT2D eigenvalue weighted by atomic mass is 10.1. The van der Waals surface area contributed by atoms with Gasteiger partial charge >= 0.3 is 0 Å². The minimum absolute atomic E-state index is 0.0618. The fourth-order valence-electron chi connectivity index (χ4n) is 3.20. The van der Waals surface area contributed by atoms with E-state index in [1.807, 2.05) is 30.3 Å². The summed E-state index contributed by atoms with van der Waals surface area (Å²) in [6.45, 7) is -0.254. The number of nitrogens with one attached hydrogen (secondary N) is 1. The van der Waals surface area contributed by atoms with Gasteiger partial charge in [-0.2, -0.15) is 4.31 Å². The van der Waals surface area contributed by atoms with E-state index in [9.17, 15) is 13.2 Å². The number of hydrogen-bond donors (Lipinski definition) is 1. The molecule has 0 fully saturated rings. The van der Waals surface area contributed by atoms with Gasteiger partial charge in [-0.1, -0.05) is 41.9 Å². The predicted octanol–water partition coefficient (Wildman–Crippen LogP) is 4.23. The fraction of sp³-hybridized carbons (Fsp3) is 0.208. The summed E-state index contributed by atoms with van der Waals surface area (Å²) in [6, 6.07) is 20.3. The van der Waals surface area contributed by atoms with E-state index in [0.29, 0.717) is 28.6 Å². The average molecular weight is 489 g/mol. The first-order valence-corrected chi connectivity index (χ1v) is 12.0. The maximum Gasteiger partial charge on any atom is 0.243 e. The van der Waals surface area contributed by atoms with Crippen molar-refractivity contribution >= 4 is 33.2 Å². The van der Waals surface area contributed by atoms with Gasteiger partial charge in [-0.3, -0.25) is 4.79 Å². The maximum atomic E-state index is 13.3. The molecule has 0 aliphatic heterocycles. The minimum atomic E-state index is -3.95. The number of benzene rings is 3. The second-order valence-electron chi connectivity index (χ2n) is 7.14. The Bertz CT molecular complexity index is 1190. The number of carbonyl (C=O) groups excluding carboxylic acids is 1. The number of amides is 1. The number of halogens is 1. The van der Waals surface area contributed by atoms with Gasteiger partial charge in [0.1, 0.15) is 11.5 Å². The average Bonchev–Trinajstić information content (AvgIpc) is 2.82. The molecule has 0 saturated carbocycles. The molecule has 1 amide bonds. The molecule has 9 heteroatoms. The quantitative estimate of drug-likeness (QED) is 0.461. The number of methoxy groups -OCH3 is 2. The smallest absolute Gasteiger partial charge is 0.243 e. The van der Waals surface area contributed by atoms with Gasteiger partial charge in [0.2, 0.25) is 15.9 Å². The van der Waals surface area contributed by atoms with Crippen molar-refractivity contribution in [2.24, 2.45) is 0 Å². The fourth-order valence-corrected chi connectivity index (χ4v) is 4.72. The first-order chi connectivity index (χ1) is 15.8. The van der Waals surface area contributed by atoms with E-state index < -0.39 is 15.9 Å². The van der Waals surface area contributed by atoms with Gasteiger partial charge < -0.3 is 14.8 Å². The zero-order valence-corrected chi connectivity index (χ0v) is 19.9. The number of nitrogens with zero attached hydrogens (tertiary/aromatic N) is 1.